The molecule has 0 radical (unpaired) electrons. The van der Waals surface area contributed by atoms with Crippen LogP contribution in [0.25, 0.3) is 0 Å². The molecule has 0 saturated carbocycles. The Balaban J connectivity index is 1.90. The second kappa shape index (κ2) is 5.53. The van der Waals surface area contributed by atoms with Crippen LogP contribution < -0.4 is 0 Å². The number of hydrogen-bond acceptors (Lipinski definition) is 4. The lowest BCUT2D eigenvalue weighted by molar-refractivity contribution is -0.134. The van der Waals surface area contributed by atoms with Crippen LogP contribution in [0, 0.1) is 0 Å². The van der Waals surface area contributed by atoms with Gasteiger partial charge in [0.2, 0.25) is 5.91 Å². The van der Waals surface area contributed by atoms with Crippen LogP contribution in [0.2, 0.25) is 0 Å². The summed E-state index contributed by atoms with van der Waals surface area (Å²) >= 11 is 1.41. The molecular formula is C11H18N4OS. The number of hydrogen-bond donors (Lipinski definition) is 1. The van der Waals surface area contributed by atoms with E-state index in [0.717, 1.165) is 12.8 Å². The molecule has 0 bridgehead atoms. The number of aromatic amines is 1. The summed E-state index contributed by atoms with van der Waals surface area (Å²) in [5.74, 6) is 0.634. The third kappa shape index (κ3) is 3.00. The first-order valence-corrected chi connectivity index (χ1v) is 6.96. The third-order valence-electron chi connectivity index (χ3n) is 3.21. The van der Waals surface area contributed by atoms with E-state index in [1.807, 2.05) is 4.90 Å². The summed E-state index contributed by atoms with van der Waals surface area (Å²) in [4.78, 5) is 18.2. The average molecular weight is 254 g/mol. The second-order valence-corrected chi connectivity index (χ2v) is 5.47. The van der Waals surface area contributed by atoms with Gasteiger partial charge in [-0.15, -0.1) is 0 Å². The lowest BCUT2D eigenvalue weighted by Gasteiger charge is -2.39. The molecule has 1 aliphatic rings. The fourth-order valence-electron chi connectivity index (χ4n) is 2.38. The van der Waals surface area contributed by atoms with E-state index < -0.39 is 0 Å². The molecule has 2 rings (SSSR count). The molecule has 17 heavy (non-hydrogen) atoms. The molecule has 1 N–H and O–H groups in total. The van der Waals surface area contributed by atoms with Crippen molar-refractivity contribution in [1.82, 2.24) is 20.1 Å². The molecule has 1 aliphatic heterocycles. The predicted octanol–water partition coefficient (Wildman–Crippen LogP) is 1.69. The van der Waals surface area contributed by atoms with Crippen molar-refractivity contribution < 1.29 is 4.79 Å². The van der Waals surface area contributed by atoms with Crippen molar-refractivity contribution in [2.75, 3.05) is 5.75 Å². The highest BCUT2D eigenvalue weighted by Gasteiger charge is 2.28. The Kier molecular flexibility index (Phi) is 4.04. The Morgan fingerprint density at radius 1 is 1.53 bits per heavy atom. The number of nitrogens with one attached hydrogen (secondary N) is 1. The van der Waals surface area contributed by atoms with Gasteiger partial charge in [0.25, 0.3) is 0 Å². The Bertz CT molecular complexity index is 358. The molecule has 0 spiro atoms. The average Bonchev–Trinajstić information content (AvgIpc) is 2.79. The van der Waals surface area contributed by atoms with Crippen molar-refractivity contribution in [2.24, 2.45) is 0 Å². The van der Waals surface area contributed by atoms with E-state index in [-0.39, 0.29) is 5.91 Å². The zero-order chi connectivity index (χ0) is 12.3. The SMILES string of the molecule is CC1CCCC(C)N1C(=O)CSc1ncn[nH]1. The number of amides is 1. The molecule has 1 fully saturated rings. The lowest BCUT2D eigenvalue weighted by Crippen LogP contribution is -2.48. The zero-order valence-corrected chi connectivity index (χ0v) is 11.0. The molecule has 1 saturated heterocycles. The molecule has 1 amide bonds. The lowest BCUT2D eigenvalue weighted by atomic mass is 9.98. The summed E-state index contributed by atoms with van der Waals surface area (Å²) in [6, 6.07) is 0.725. The fourth-order valence-corrected chi connectivity index (χ4v) is 3.03. The largest absolute Gasteiger partial charge is 0.337 e. The van der Waals surface area contributed by atoms with Gasteiger partial charge in [-0.1, -0.05) is 11.8 Å². The van der Waals surface area contributed by atoms with Crippen LogP contribution in [0.4, 0.5) is 0 Å². The van der Waals surface area contributed by atoms with Gasteiger partial charge >= 0.3 is 0 Å². The van der Waals surface area contributed by atoms with Gasteiger partial charge in [0.05, 0.1) is 5.75 Å². The van der Waals surface area contributed by atoms with Gasteiger partial charge in [0.1, 0.15) is 6.33 Å². The number of carbonyl (C=O) groups excluding carboxylic acids is 1. The Morgan fingerprint density at radius 2 is 2.24 bits per heavy atom. The third-order valence-corrected chi connectivity index (χ3v) is 4.07. The Morgan fingerprint density at radius 3 is 2.82 bits per heavy atom. The molecule has 94 valence electrons. The summed E-state index contributed by atoms with van der Waals surface area (Å²) in [7, 11) is 0. The molecule has 2 unspecified atom stereocenters. The van der Waals surface area contributed by atoms with Gasteiger partial charge in [-0.3, -0.25) is 9.89 Å². The van der Waals surface area contributed by atoms with E-state index in [4.69, 9.17) is 0 Å². The first kappa shape index (κ1) is 12.4. The van der Waals surface area contributed by atoms with E-state index in [0.29, 0.717) is 23.0 Å². The molecule has 5 nitrogen and oxygen atoms in total. The normalized spacial score (nSPS) is 24.9. The first-order valence-electron chi connectivity index (χ1n) is 5.98. The van der Waals surface area contributed by atoms with Crippen LogP contribution in [-0.2, 0) is 4.79 Å². The molecule has 0 aliphatic carbocycles. The van der Waals surface area contributed by atoms with Gasteiger partial charge in [0, 0.05) is 12.1 Å². The van der Waals surface area contributed by atoms with Crippen molar-refractivity contribution in [2.45, 2.75) is 50.4 Å². The molecule has 2 heterocycles. The van der Waals surface area contributed by atoms with Crippen LogP contribution in [0.15, 0.2) is 11.5 Å². The van der Waals surface area contributed by atoms with Crippen molar-refractivity contribution >= 4 is 17.7 Å². The topological polar surface area (TPSA) is 61.9 Å². The maximum atomic E-state index is 12.2. The quantitative estimate of drug-likeness (QED) is 0.834. The van der Waals surface area contributed by atoms with E-state index >= 15 is 0 Å². The highest BCUT2D eigenvalue weighted by Crippen LogP contribution is 2.24. The summed E-state index contributed by atoms with van der Waals surface area (Å²) in [5.41, 5.74) is 0. The highest BCUT2D eigenvalue weighted by atomic mass is 32.2. The van der Waals surface area contributed by atoms with Crippen molar-refractivity contribution in [3.8, 4) is 0 Å². The minimum atomic E-state index is 0.200. The first-order chi connectivity index (χ1) is 8.18. The minimum absolute atomic E-state index is 0.200. The smallest absolute Gasteiger partial charge is 0.233 e. The molecule has 2 atom stereocenters. The number of nitrogens with zero attached hydrogens (tertiary/aromatic N) is 3. The van der Waals surface area contributed by atoms with Crippen LogP contribution in [0.5, 0.6) is 0 Å². The molecule has 1 aromatic rings. The van der Waals surface area contributed by atoms with Crippen molar-refractivity contribution in [3.63, 3.8) is 0 Å². The number of H-pyrrole nitrogens is 1. The van der Waals surface area contributed by atoms with Crippen LogP contribution in [-0.4, -0.2) is 43.8 Å². The second-order valence-electron chi connectivity index (χ2n) is 4.51. The van der Waals surface area contributed by atoms with Crippen LogP contribution >= 0.6 is 11.8 Å². The standard InChI is InChI=1S/C11H18N4OS/c1-8-4-3-5-9(2)15(8)10(16)6-17-11-12-7-13-14-11/h7-9H,3-6H2,1-2H3,(H,12,13,14). The number of carbonyl (C=O) groups is 1. The molecule has 6 heteroatoms. The van der Waals surface area contributed by atoms with Crippen molar-refractivity contribution in [1.29, 1.82) is 0 Å². The van der Waals surface area contributed by atoms with E-state index in [9.17, 15) is 4.79 Å². The molecule has 0 aromatic carbocycles. The van der Waals surface area contributed by atoms with Gasteiger partial charge in [-0.25, -0.2) is 4.98 Å². The number of piperidine rings is 1. The van der Waals surface area contributed by atoms with Crippen LogP contribution in [0.3, 0.4) is 0 Å². The Hall–Kier alpha value is -1.04. The van der Waals surface area contributed by atoms with Gasteiger partial charge in [-0.05, 0) is 33.1 Å². The molecular weight excluding hydrogens is 236 g/mol. The van der Waals surface area contributed by atoms with Crippen molar-refractivity contribution in [3.05, 3.63) is 6.33 Å². The Labute approximate surface area is 105 Å². The minimum Gasteiger partial charge on any atom is -0.337 e. The highest BCUT2D eigenvalue weighted by molar-refractivity contribution is 7.99. The van der Waals surface area contributed by atoms with E-state index in [2.05, 4.69) is 29.0 Å². The number of likely N-dealkylation sites (tertiary alicyclic amines) is 1. The van der Waals surface area contributed by atoms with E-state index in [1.54, 1.807) is 0 Å². The monoisotopic (exact) mass is 254 g/mol. The summed E-state index contributed by atoms with van der Waals surface area (Å²) in [6.45, 7) is 4.26. The number of aromatic nitrogens is 3. The maximum absolute atomic E-state index is 12.2. The number of rotatable bonds is 3. The summed E-state index contributed by atoms with van der Waals surface area (Å²) < 4.78 is 0. The fraction of sp³-hybridized carbons (Fsp3) is 0.727. The van der Waals surface area contributed by atoms with Gasteiger partial charge in [0.15, 0.2) is 5.16 Å². The zero-order valence-electron chi connectivity index (χ0n) is 10.2. The summed E-state index contributed by atoms with van der Waals surface area (Å²) in [5, 5.41) is 7.21. The number of thioether (sulfide) groups is 1. The van der Waals surface area contributed by atoms with E-state index in [1.165, 1.54) is 24.5 Å². The van der Waals surface area contributed by atoms with Gasteiger partial charge in [-0.2, -0.15) is 5.10 Å². The van der Waals surface area contributed by atoms with Gasteiger partial charge < -0.3 is 4.90 Å². The summed E-state index contributed by atoms with van der Waals surface area (Å²) in [6.07, 6.45) is 4.91. The van der Waals surface area contributed by atoms with Crippen LogP contribution in [0.1, 0.15) is 33.1 Å². The molecule has 1 aromatic heterocycles. The predicted molar refractivity (Wildman–Crippen MR) is 66.7 cm³/mol. The maximum Gasteiger partial charge on any atom is 0.233 e.